The van der Waals surface area contributed by atoms with E-state index < -0.39 is 17.9 Å². The van der Waals surface area contributed by atoms with Gasteiger partial charge in [0.05, 0.1) is 19.0 Å². The number of nitrogens with zero attached hydrogens (tertiary/aromatic N) is 1. The summed E-state index contributed by atoms with van der Waals surface area (Å²) in [6.07, 6.45) is 0.0811. The molecule has 7 nitrogen and oxygen atoms in total. The molecule has 3 rings (SSSR count). The maximum atomic E-state index is 13.8. The molecule has 220 valence electrons. The molecule has 3 aromatic carbocycles. The van der Waals surface area contributed by atoms with E-state index in [0.29, 0.717) is 25.7 Å². The number of rotatable bonds is 16. The van der Waals surface area contributed by atoms with Gasteiger partial charge in [0.2, 0.25) is 11.8 Å². The van der Waals surface area contributed by atoms with E-state index >= 15 is 0 Å². The zero-order valence-corrected chi connectivity index (χ0v) is 24.8. The van der Waals surface area contributed by atoms with Crippen LogP contribution >= 0.6 is 0 Å². The second-order valence-corrected chi connectivity index (χ2v) is 10.5. The van der Waals surface area contributed by atoms with Crippen molar-refractivity contribution in [2.45, 2.75) is 58.4 Å². The third kappa shape index (κ3) is 8.73. The Balaban J connectivity index is 1.90. The molecule has 0 radical (unpaired) electrons. The summed E-state index contributed by atoms with van der Waals surface area (Å²) in [6, 6.07) is 28.6. The summed E-state index contributed by atoms with van der Waals surface area (Å²) >= 11 is 0. The van der Waals surface area contributed by atoms with Crippen LogP contribution in [0, 0.1) is 5.92 Å². The molecule has 3 aromatic rings. The number of amides is 2. The summed E-state index contributed by atoms with van der Waals surface area (Å²) < 4.78 is 11.4. The molecule has 0 fully saturated rings. The molecule has 3 N–H and O–H groups in total. The van der Waals surface area contributed by atoms with Crippen LogP contribution in [0.5, 0.6) is 0 Å². The van der Waals surface area contributed by atoms with Crippen LogP contribution in [0.25, 0.3) is 0 Å². The lowest BCUT2D eigenvalue weighted by Gasteiger charge is -2.37. The van der Waals surface area contributed by atoms with Gasteiger partial charge in [0.1, 0.15) is 5.54 Å². The van der Waals surface area contributed by atoms with E-state index in [1.807, 2.05) is 105 Å². The molecule has 0 bridgehead atoms. The van der Waals surface area contributed by atoms with Crippen molar-refractivity contribution < 1.29 is 19.1 Å². The highest BCUT2D eigenvalue weighted by molar-refractivity contribution is 5.89. The molecule has 0 aliphatic carbocycles. The van der Waals surface area contributed by atoms with Gasteiger partial charge in [-0.1, -0.05) is 105 Å². The molecule has 7 heteroatoms. The number of carbonyl (C=O) groups excluding carboxylic acids is 2. The standard InChI is InChI=1S/C34H45N3O4/c1-5-40-32(41-6-2)25-37(23-22-26(3)4)33(39)30(35)24-31(38)36-34(27-16-10-7-11-17-27,28-18-12-8-13-19-28)29-20-14-9-15-21-29/h7-21,26,30,32H,5-6,22-25,35H2,1-4H3,(H,36,38)/t30-/m0/s1. The molecule has 0 heterocycles. The molecular formula is C34H45N3O4. The van der Waals surface area contributed by atoms with Crippen LogP contribution in [0.3, 0.4) is 0 Å². The summed E-state index contributed by atoms with van der Waals surface area (Å²) in [7, 11) is 0. The molecule has 0 aromatic heterocycles. The number of carbonyl (C=O) groups is 2. The van der Waals surface area contributed by atoms with Crippen LogP contribution in [0.1, 0.15) is 57.2 Å². The SMILES string of the molecule is CCOC(CN(CCC(C)C)C(=O)[C@@H](N)CC(=O)NC(c1ccccc1)(c1ccccc1)c1ccccc1)OCC. The fourth-order valence-electron chi connectivity index (χ4n) is 4.97. The van der Waals surface area contributed by atoms with Crippen LogP contribution in [0.4, 0.5) is 0 Å². The minimum atomic E-state index is -1.02. The summed E-state index contributed by atoms with van der Waals surface area (Å²) in [6.45, 7) is 9.68. The van der Waals surface area contributed by atoms with E-state index in [1.165, 1.54) is 0 Å². The molecule has 0 unspecified atom stereocenters. The van der Waals surface area contributed by atoms with Gasteiger partial charge in [-0.3, -0.25) is 9.59 Å². The Morgan fingerprint density at radius 1 is 0.805 bits per heavy atom. The number of ether oxygens (including phenoxy) is 2. The highest BCUT2D eigenvalue weighted by Gasteiger charge is 2.38. The average molecular weight is 560 g/mol. The highest BCUT2D eigenvalue weighted by Crippen LogP contribution is 2.36. The molecular weight excluding hydrogens is 514 g/mol. The van der Waals surface area contributed by atoms with Crippen LogP contribution in [-0.2, 0) is 24.6 Å². The Morgan fingerprint density at radius 3 is 1.63 bits per heavy atom. The Bertz CT molecular complexity index is 1090. The minimum Gasteiger partial charge on any atom is -0.351 e. The van der Waals surface area contributed by atoms with Crippen molar-refractivity contribution in [2.24, 2.45) is 11.7 Å². The summed E-state index contributed by atoms with van der Waals surface area (Å²) in [4.78, 5) is 29.1. The lowest BCUT2D eigenvalue weighted by Crippen LogP contribution is -2.52. The van der Waals surface area contributed by atoms with Crippen molar-refractivity contribution >= 4 is 11.8 Å². The maximum absolute atomic E-state index is 13.8. The molecule has 0 saturated carbocycles. The maximum Gasteiger partial charge on any atom is 0.240 e. The average Bonchev–Trinajstić information content (AvgIpc) is 2.99. The van der Waals surface area contributed by atoms with Crippen LogP contribution in [-0.4, -0.2) is 55.3 Å². The topological polar surface area (TPSA) is 93.9 Å². The lowest BCUT2D eigenvalue weighted by molar-refractivity contribution is -0.160. The van der Waals surface area contributed by atoms with Crippen LogP contribution in [0.2, 0.25) is 0 Å². The monoisotopic (exact) mass is 559 g/mol. The van der Waals surface area contributed by atoms with Crippen molar-refractivity contribution in [2.75, 3.05) is 26.3 Å². The number of nitrogens with one attached hydrogen (secondary N) is 1. The first-order valence-electron chi connectivity index (χ1n) is 14.6. The number of nitrogens with two attached hydrogens (primary N) is 1. The first-order valence-corrected chi connectivity index (χ1v) is 14.6. The van der Waals surface area contributed by atoms with Crippen LogP contribution < -0.4 is 11.1 Å². The molecule has 41 heavy (non-hydrogen) atoms. The van der Waals surface area contributed by atoms with Crippen molar-refractivity contribution in [3.05, 3.63) is 108 Å². The van der Waals surface area contributed by atoms with Gasteiger partial charge in [0, 0.05) is 19.8 Å². The van der Waals surface area contributed by atoms with Gasteiger partial charge in [0.25, 0.3) is 0 Å². The first-order chi connectivity index (χ1) is 19.8. The summed E-state index contributed by atoms with van der Waals surface area (Å²) in [5, 5.41) is 3.30. The number of hydrogen-bond donors (Lipinski definition) is 2. The molecule has 0 saturated heterocycles. The zero-order valence-electron chi connectivity index (χ0n) is 24.8. The third-order valence-electron chi connectivity index (χ3n) is 7.03. The minimum absolute atomic E-state index is 0.167. The Morgan fingerprint density at radius 2 is 1.24 bits per heavy atom. The van der Waals surface area contributed by atoms with Gasteiger partial charge < -0.3 is 25.4 Å². The second kappa shape index (κ2) is 16.1. The molecule has 1 atom stereocenters. The van der Waals surface area contributed by atoms with Crippen molar-refractivity contribution in [3.63, 3.8) is 0 Å². The quantitative estimate of drug-likeness (QED) is 0.188. The van der Waals surface area contributed by atoms with E-state index in [-0.39, 0.29) is 24.8 Å². The second-order valence-electron chi connectivity index (χ2n) is 10.5. The molecule has 0 aliphatic heterocycles. The van der Waals surface area contributed by atoms with E-state index in [9.17, 15) is 9.59 Å². The molecule has 0 aliphatic rings. The van der Waals surface area contributed by atoms with E-state index in [4.69, 9.17) is 15.2 Å². The number of hydrogen-bond acceptors (Lipinski definition) is 5. The third-order valence-corrected chi connectivity index (χ3v) is 7.03. The molecule has 0 spiro atoms. The fourth-order valence-corrected chi connectivity index (χ4v) is 4.97. The smallest absolute Gasteiger partial charge is 0.240 e. The normalized spacial score (nSPS) is 12.4. The Hall–Kier alpha value is -3.52. The van der Waals surface area contributed by atoms with Gasteiger partial charge >= 0.3 is 0 Å². The highest BCUT2D eigenvalue weighted by atomic mass is 16.7. The lowest BCUT2D eigenvalue weighted by atomic mass is 9.77. The van der Waals surface area contributed by atoms with Gasteiger partial charge in [-0.05, 0) is 42.9 Å². The van der Waals surface area contributed by atoms with E-state index in [2.05, 4.69) is 19.2 Å². The Labute approximate surface area is 245 Å². The van der Waals surface area contributed by atoms with Crippen molar-refractivity contribution in [1.29, 1.82) is 0 Å². The summed E-state index contributed by atoms with van der Waals surface area (Å²) in [5.74, 6) is -0.224. The predicted molar refractivity (Wildman–Crippen MR) is 163 cm³/mol. The van der Waals surface area contributed by atoms with Gasteiger partial charge in [0.15, 0.2) is 6.29 Å². The Kier molecular flexibility index (Phi) is 12.5. The van der Waals surface area contributed by atoms with Gasteiger partial charge in [-0.25, -0.2) is 0 Å². The number of benzene rings is 3. The summed E-state index contributed by atoms with van der Waals surface area (Å²) in [5.41, 5.74) is 8.18. The first kappa shape index (κ1) is 32.0. The largest absolute Gasteiger partial charge is 0.351 e. The van der Waals surface area contributed by atoms with Crippen molar-refractivity contribution in [1.82, 2.24) is 10.2 Å². The van der Waals surface area contributed by atoms with E-state index in [0.717, 1.165) is 23.1 Å². The van der Waals surface area contributed by atoms with Gasteiger partial charge in [-0.15, -0.1) is 0 Å². The fraction of sp³-hybridized carbons (Fsp3) is 0.412. The molecule has 2 amide bonds. The van der Waals surface area contributed by atoms with Crippen molar-refractivity contribution in [3.8, 4) is 0 Å². The van der Waals surface area contributed by atoms with Gasteiger partial charge in [-0.2, -0.15) is 0 Å². The zero-order chi connectivity index (χ0) is 29.7. The van der Waals surface area contributed by atoms with E-state index in [1.54, 1.807) is 4.90 Å². The predicted octanol–water partition coefficient (Wildman–Crippen LogP) is 5.09. The van der Waals surface area contributed by atoms with Crippen LogP contribution in [0.15, 0.2) is 91.0 Å².